The number of ether oxygens (including phenoxy) is 2. The molecule has 6 nitrogen and oxygen atoms in total. The lowest BCUT2D eigenvalue weighted by molar-refractivity contribution is 0.244. The summed E-state index contributed by atoms with van der Waals surface area (Å²) in [7, 11) is 1.65. The third kappa shape index (κ3) is 4.31. The van der Waals surface area contributed by atoms with E-state index in [1.54, 1.807) is 18.4 Å². The Labute approximate surface area is 169 Å². The summed E-state index contributed by atoms with van der Waals surface area (Å²) in [5.74, 6) is 2.87. The first-order valence-corrected chi connectivity index (χ1v) is 10.3. The predicted molar refractivity (Wildman–Crippen MR) is 109 cm³/mol. The molecule has 3 aromatic rings. The second-order valence-electron chi connectivity index (χ2n) is 7.19. The molecule has 0 aliphatic carbocycles. The van der Waals surface area contributed by atoms with Crippen molar-refractivity contribution in [2.45, 2.75) is 39.3 Å². The summed E-state index contributed by atoms with van der Waals surface area (Å²) in [5, 5.41) is 0.655. The topological polar surface area (TPSA) is 60.4 Å². The number of thiazole rings is 1. The van der Waals surface area contributed by atoms with Crippen LogP contribution in [0, 0.1) is 0 Å². The third-order valence-corrected chi connectivity index (χ3v) is 5.58. The largest absolute Gasteiger partial charge is 0.497 e. The van der Waals surface area contributed by atoms with Gasteiger partial charge in [-0.2, -0.15) is 0 Å². The predicted octanol–water partition coefficient (Wildman–Crippen LogP) is 4.42. The first-order chi connectivity index (χ1) is 13.6. The van der Waals surface area contributed by atoms with Gasteiger partial charge in [-0.1, -0.05) is 25.2 Å². The average molecular weight is 397 g/mol. The number of nitrogens with zero attached hydrogens (tertiary/aromatic N) is 4. The lowest BCUT2D eigenvalue weighted by atomic mass is 10.1. The van der Waals surface area contributed by atoms with Crippen molar-refractivity contribution in [2.24, 2.45) is 0 Å². The zero-order chi connectivity index (χ0) is 19.5. The second kappa shape index (κ2) is 8.24. The summed E-state index contributed by atoms with van der Waals surface area (Å²) in [4.78, 5) is 17.3. The lowest BCUT2D eigenvalue weighted by Gasteiger charge is -2.27. The van der Waals surface area contributed by atoms with Gasteiger partial charge in [0.15, 0.2) is 0 Å². The van der Waals surface area contributed by atoms with Crippen LogP contribution in [0.5, 0.6) is 16.7 Å². The Hall–Kier alpha value is -2.51. The highest BCUT2D eigenvalue weighted by Gasteiger charge is 2.20. The minimum absolute atomic E-state index is 0.365. The SMILES string of the molecule is COc1ccc(Oc2ncc(CN3CCc4nc(C(C)C)ncc4C3)s2)cc1. The van der Waals surface area contributed by atoms with Crippen LogP contribution >= 0.6 is 11.3 Å². The highest BCUT2D eigenvalue weighted by atomic mass is 32.1. The van der Waals surface area contributed by atoms with Crippen molar-refractivity contribution in [3.05, 3.63) is 58.6 Å². The molecule has 0 fully saturated rings. The molecule has 0 unspecified atom stereocenters. The zero-order valence-electron chi connectivity index (χ0n) is 16.4. The monoisotopic (exact) mass is 396 g/mol. The molecule has 0 bridgehead atoms. The summed E-state index contributed by atoms with van der Waals surface area (Å²) in [6.07, 6.45) is 4.86. The average Bonchev–Trinajstić information content (AvgIpc) is 3.14. The molecule has 0 atom stereocenters. The van der Waals surface area contributed by atoms with E-state index in [1.165, 1.54) is 16.1 Å². The Morgan fingerprint density at radius 3 is 2.64 bits per heavy atom. The number of aromatic nitrogens is 3. The molecular formula is C21H24N4O2S. The molecule has 0 N–H and O–H groups in total. The Bertz CT molecular complexity index is 940. The minimum atomic E-state index is 0.365. The van der Waals surface area contributed by atoms with E-state index in [2.05, 4.69) is 28.7 Å². The fraction of sp³-hybridized carbons (Fsp3) is 0.381. The summed E-state index contributed by atoms with van der Waals surface area (Å²) in [6.45, 7) is 6.99. The van der Waals surface area contributed by atoms with Crippen molar-refractivity contribution in [1.29, 1.82) is 0 Å². The van der Waals surface area contributed by atoms with Gasteiger partial charge < -0.3 is 9.47 Å². The molecule has 0 radical (unpaired) electrons. The van der Waals surface area contributed by atoms with Gasteiger partial charge in [0.25, 0.3) is 5.19 Å². The van der Waals surface area contributed by atoms with E-state index >= 15 is 0 Å². The van der Waals surface area contributed by atoms with Crippen LogP contribution in [-0.4, -0.2) is 33.5 Å². The highest BCUT2D eigenvalue weighted by molar-refractivity contribution is 7.13. The highest BCUT2D eigenvalue weighted by Crippen LogP contribution is 2.29. The van der Waals surface area contributed by atoms with E-state index < -0.39 is 0 Å². The van der Waals surface area contributed by atoms with Crippen molar-refractivity contribution < 1.29 is 9.47 Å². The van der Waals surface area contributed by atoms with Gasteiger partial charge in [0.2, 0.25) is 0 Å². The van der Waals surface area contributed by atoms with Gasteiger partial charge in [0.05, 0.1) is 7.11 Å². The van der Waals surface area contributed by atoms with Crippen molar-refractivity contribution in [1.82, 2.24) is 19.9 Å². The van der Waals surface area contributed by atoms with Crippen LogP contribution in [0.3, 0.4) is 0 Å². The molecule has 3 heterocycles. The molecule has 28 heavy (non-hydrogen) atoms. The molecule has 1 aliphatic rings. The number of methoxy groups -OCH3 is 1. The van der Waals surface area contributed by atoms with Crippen LogP contribution in [0.25, 0.3) is 0 Å². The molecule has 1 aliphatic heterocycles. The molecule has 2 aromatic heterocycles. The van der Waals surface area contributed by atoms with Gasteiger partial charge in [0.1, 0.15) is 17.3 Å². The number of benzene rings is 1. The first-order valence-electron chi connectivity index (χ1n) is 9.44. The number of hydrogen-bond acceptors (Lipinski definition) is 7. The molecule has 0 saturated carbocycles. The van der Waals surface area contributed by atoms with Gasteiger partial charge in [-0.25, -0.2) is 15.0 Å². The van der Waals surface area contributed by atoms with Crippen LogP contribution in [0.2, 0.25) is 0 Å². The van der Waals surface area contributed by atoms with E-state index in [4.69, 9.17) is 14.5 Å². The molecule has 146 valence electrons. The molecule has 4 rings (SSSR count). The maximum Gasteiger partial charge on any atom is 0.278 e. The Balaban J connectivity index is 1.37. The van der Waals surface area contributed by atoms with Crippen LogP contribution in [0.1, 0.15) is 41.7 Å². The standard InChI is InChI=1S/C21H24N4O2S/c1-14(2)20-22-10-15-12-25(9-8-19(15)24-20)13-18-11-23-21(28-18)27-17-6-4-16(26-3)5-7-17/h4-7,10-11,14H,8-9,12-13H2,1-3H3. The fourth-order valence-electron chi connectivity index (χ4n) is 3.18. The Kier molecular flexibility index (Phi) is 5.54. The third-order valence-electron chi connectivity index (χ3n) is 4.72. The van der Waals surface area contributed by atoms with E-state index in [0.29, 0.717) is 11.1 Å². The summed E-state index contributed by atoms with van der Waals surface area (Å²) in [5.41, 5.74) is 2.43. The fourth-order valence-corrected chi connectivity index (χ4v) is 4.00. The number of rotatable bonds is 6. The van der Waals surface area contributed by atoms with Gasteiger partial charge >= 0.3 is 0 Å². The van der Waals surface area contributed by atoms with Gasteiger partial charge in [0, 0.05) is 60.5 Å². The van der Waals surface area contributed by atoms with Gasteiger partial charge in [-0.05, 0) is 24.3 Å². The van der Waals surface area contributed by atoms with Crippen molar-refractivity contribution >= 4 is 11.3 Å². The Morgan fingerprint density at radius 2 is 1.89 bits per heavy atom. The smallest absolute Gasteiger partial charge is 0.278 e. The maximum absolute atomic E-state index is 5.85. The van der Waals surface area contributed by atoms with E-state index in [9.17, 15) is 0 Å². The van der Waals surface area contributed by atoms with E-state index in [-0.39, 0.29) is 0 Å². The molecule has 7 heteroatoms. The van der Waals surface area contributed by atoms with Crippen LogP contribution in [0.15, 0.2) is 36.7 Å². The van der Waals surface area contributed by atoms with E-state index in [1.807, 2.05) is 36.7 Å². The van der Waals surface area contributed by atoms with Crippen LogP contribution in [-0.2, 0) is 19.5 Å². The Morgan fingerprint density at radius 1 is 1.11 bits per heavy atom. The van der Waals surface area contributed by atoms with Crippen molar-refractivity contribution in [2.75, 3.05) is 13.7 Å². The second-order valence-corrected chi connectivity index (χ2v) is 8.26. The summed E-state index contributed by atoms with van der Waals surface area (Å²) < 4.78 is 11.0. The summed E-state index contributed by atoms with van der Waals surface area (Å²) in [6, 6.07) is 7.52. The zero-order valence-corrected chi connectivity index (χ0v) is 17.2. The number of hydrogen-bond donors (Lipinski definition) is 0. The molecular weight excluding hydrogens is 372 g/mol. The lowest BCUT2D eigenvalue weighted by Crippen LogP contribution is -2.30. The molecule has 0 saturated heterocycles. The maximum atomic E-state index is 5.85. The van der Waals surface area contributed by atoms with Gasteiger partial charge in [-0.15, -0.1) is 0 Å². The van der Waals surface area contributed by atoms with E-state index in [0.717, 1.165) is 43.4 Å². The van der Waals surface area contributed by atoms with Crippen LogP contribution < -0.4 is 9.47 Å². The van der Waals surface area contributed by atoms with Crippen molar-refractivity contribution in [3.63, 3.8) is 0 Å². The van der Waals surface area contributed by atoms with Crippen molar-refractivity contribution in [3.8, 4) is 16.7 Å². The van der Waals surface area contributed by atoms with Crippen LogP contribution in [0.4, 0.5) is 0 Å². The first kappa shape index (κ1) is 18.8. The normalized spacial score (nSPS) is 14.1. The molecule has 0 spiro atoms. The number of fused-ring (bicyclic) bond motifs is 1. The molecule has 1 aromatic carbocycles. The summed E-state index contributed by atoms with van der Waals surface area (Å²) >= 11 is 1.58. The molecule has 0 amide bonds. The quantitative estimate of drug-likeness (QED) is 0.615. The minimum Gasteiger partial charge on any atom is -0.497 e. The van der Waals surface area contributed by atoms with Gasteiger partial charge in [-0.3, -0.25) is 4.90 Å².